The molecule has 0 saturated heterocycles. The summed E-state index contributed by atoms with van der Waals surface area (Å²) in [4.78, 5) is 12.9. The van der Waals surface area contributed by atoms with E-state index in [9.17, 15) is 9.18 Å². The fourth-order valence-electron chi connectivity index (χ4n) is 1.74. The zero-order chi connectivity index (χ0) is 12.3. The van der Waals surface area contributed by atoms with Crippen molar-refractivity contribution >= 4 is 11.7 Å². The average Bonchev–Trinajstić information content (AvgIpc) is 2.20. The Kier molecular flexibility index (Phi) is 3.88. The Bertz CT molecular complexity index is 391. The summed E-state index contributed by atoms with van der Waals surface area (Å²) in [5.41, 5.74) is 0.571. The Morgan fingerprint density at radius 1 is 1.50 bits per heavy atom. The van der Waals surface area contributed by atoms with Gasteiger partial charge in [-0.1, -0.05) is 0 Å². The van der Waals surface area contributed by atoms with Crippen LogP contribution in [0, 0.1) is 5.82 Å². The van der Waals surface area contributed by atoms with Crippen molar-refractivity contribution < 1.29 is 14.3 Å². The lowest BCUT2D eigenvalue weighted by Crippen LogP contribution is -2.31. The molecule has 0 saturated carbocycles. The molecular weight excluding hydrogens is 209 g/mol. The number of carboxylic acids is 1. The Morgan fingerprint density at radius 3 is 2.56 bits per heavy atom. The smallest absolute Gasteiger partial charge is 0.337 e. The zero-order valence-corrected chi connectivity index (χ0v) is 9.70. The molecule has 4 heteroatoms. The predicted molar refractivity (Wildman–Crippen MR) is 61.5 cm³/mol. The molecule has 0 radical (unpaired) electrons. The van der Waals surface area contributed by atoms with Crippen LogP contribution in [0.4, 0.5) is 10.1 Å². The van der Waals surface area contributed by atoms with Gasteiger partial charge in [0, 0.05) is 12.6 Å². The highest BCUT2D eigenvalue weighted by atomic mass is 19.1. The van der Waals surface area contributed by atoms with E-state index in [2.05, 4.69) is 0 Å². The SMILES string of the molecule is CCN(c1ccc(F)cc1C(=O)O)C(C)C. The minimum absolute atomic E-state index is 0.00977. The molecule has 88 valence electrons. The summed E-state index contributed by atoms with van der Waals surface area (Å²) in [5, 5.41) is 9.02. The molecule has 0 atom stereocenters. The van der Waals surface area contributed by atoms with Gasteiger partial charge < -0.3 is 10.0 Å². The first-order chi connectivity index (χ1) is 7.47. The van der Waals surface area contributed by atoms with Crippen LogP contribution in [0.1, 0.15) is 31.1 Å². The van der Waals surface area contributed by atoms with Gasteiger partial charge in [-0.3, -0.25) is 0 Å². The average molecular weight is 225 g/mol. The van der Waals surface area contributed by atoms with Crippen molar-refractivity contribution in [2.45, 2.75) is 26.8 Å². The molecule has 0 aliphatic heterocycles. The summed E-state index contributed by atoms with van der Waals surface area (Å²) in [5.74, 6) is -1.63. The first kappa shape index (κ1) is 12.5. The Morgan fingerprint density at radius 2 is 2.12 bits per heavy atom. The molecule has 0 aromatic heterocycles. The second kappa shape index (κ2) is 4.96. The number of carbonyl (C=O) groups is 1. The molecule has 1 N–H and O–H groups in total. The van der Waals surface area contributed by atoms with Crippen molar-refractivity contribution in [1.29, 1.82) is 0 Å². The van der Waals surface area contributed by atoms with Crippen LogP contribution in [0.3, 0.4) is 0 Å². The van der Waals surface area contributed by atoms with E-state index < -0.39 is 11.8 Å². The van der Waals surface area contributed by atoms with E-state index in [1.165, 1.54) is 12.1 Å². The van der Waals surface area contributed by atoms with Crippen LogP contribution in [0.5, 0.6) is 0 Å². The van der Waals surface area contributed by atoms with Gasteiger partial charge in [0.05, 0.1) is 11.3 Å². The number of halogens is 1. The molecule has 1 aromatic rings. The van der Waals surface area contributed by atoms with Gasteiger partial charge in [-0.05, 0) is 39.0 Å². The van der Waals surface area contributed by atoms with Gasteiger partial charge in [0.2, 0.25) is 0 Å². The molecule has 0 heterocycles. The lowest BCUT2D eigenvalue weighted by atomic mass is 10.1. The number of carboxylic acid groups (broad SMARTS) is 1. The maximum atomic E-state index is 13.0. The molecule has 0 bridgehead atoms. The van der Waals surface area contributed by atoms with E-state index in [1.807, 2.05) is 25.7 Å². The minimum Gasteiger partial charge on any atom is -0.478 e. The molecule has 1 rings (SSSR count). The van der Waals surface area contributed by atoms with Crippen molar-refractivity contribution in [1.82, 2.24) is 0 Å². The highest BCUT2D eigenvalue weighted by Crippen LogP contribution is 2.23. The summed E-state index contributed by atoms with van der Waals surface area (Å²) >= 11 is 0. The highest BCUT2D eigenvalue weighted by molar-refractivity contribution is 5.94. The lowest BCUT2D eigenvalue weighted by Gasteiger charge is -2.28. The van der Waals surface area contributed by atoms with Crippen LogP contribution in [-0.2, 0) is 0 Å². The second-order valence-electron chi connectivity index (χ2n) is 3.85. The molecule has 0 spiro atoms. The molecule has 0 aliphatic carbocycles. The molecule has 0 unspecified atom stereocenters. The summed E-state index contributed by atoms with van der Waals surface area (Å²) in [6.45, 7) is 6.57. The Balaban J connectivity index is 3.26. The van der Waals surface area contributed by atoms with Crippen molar-refractivity contribution in [3.63, 3.8) is 0 Å². The van der Waals surface area contributed by atoms with Crippen LogP contribution in [0.25, 0.3) is 0 Å². The van der Waals surface area contributed by atoms with Gasteiger partial charge in [-0.2, -0.15) is 0 Å². The largest absolute Gasteiger partial charge is 0.478 e. The maximum Gasteiger partial charge on any atom is 0.337 e. The third-order valence-electron chi connectivity index (χ3n) is 2.46. The van der Waals surface area contributed by atoms with Crippen molar-refractivity contribution in [3.8, 4) is 0 Å². The van der Waals surface area contributed by atoms with Crippen LogP contribution >= 0.6 is 0 Å². The maximum absolute atomic E-state index is 13.0. The normalized spacial score (nSPS) is 10.6. The number of hydrogen-bond donors (Lipinski definition) is 1. The molecule has 16 heavy (non-hydrogen) atoms. The topological polar surface area (TPSA) is 40.5 Å². The van der Waals surface area contributed by atoms with E-state index in [4.69, 9.17) is 5.11 Å². The standard InChI is InChI=1S/C12H16FNO2/c1-4-14(8(2)3)11-6-5-9(13)7-10(11)12(15)16/h5-8H,4H2,1-3H3,(H,15,16). The molecule has 3 nitrogen and oxygen atoms in total. The van der Waals surface area contributed by atoms with E-state index in [1.54, 1.807) is 0 Å². The monoisotopic (exact) mass is 225 g/mol. The van der Waals surface area contributed by atoms with Gasteiger partial charge in [-0.25, -0.2) is 9.18 Å². The highest BCUT2D eigenvalue weighted by Gasteiger charge is 2.17. The first-order valence-electron chi connectivity index (χ1n) is 5.26. The quantitative estimate of drug-likeness (QED) is 0.856. The summed E-state index contributed by atoms with van der Waals surface area (Å²) in [6, 6.07) is 4.03. The fraction of sp³-hybridized carbons (Fsp3) is 0.417. The number of aromatic carboxylic acids is 1. The van der Waals surface area contributed by atoms with Gasteiger partial charge in [0.25, 0.3) is 0 Å². The molecule has 0 fully saturated rings. The van der Waals surface area contributed by atoms with Gasteiger partial charge >= 0.3 is 5.97 Å². The third-order valence-corrected chi connectivity index (χ3v) is 2.46. The van der Waals surface area contributed by atoms with E-state index in [0.29, 0.717) is 12.2 Å². The summed E-state index contributed by atoms with van der Waals surface area (Å²) in [6.07, 6.45) is 0. The van der Waals surface area contributed by atoms with Gasteiger partial charge in [0.15, 0.2) is 0 Å². The Hall–Kier alpha value is -1.58. The van der Waals surface area contributed by atoms with Crippen molar-refractivity contribution in [3.05, 3.63) is 29.6 Å². The fourth-order valence-corrected chi connectivity index (χ4v) is 1.74. The van der Waals surface area contributed by atoms with Crippen LogP contribution in [0.15, 0.2) is 18.2 Å². The number of anilines is 1. The Labute approximate surface area is 94.5 Å². The van der Waals surface area contributed by atoms with Gasteiger partial charge in [-0.15, -0.1) is 0 Å². The number of hydrogen-bond acceptors (Lipinski definition) is 2. The molecular formula is C12H16FNO2. The van der Waals surface area contributed by atoms with E-state index in [-0.39, 0.29) is 11.6 Å². The second-order valence-corrected chi connectivity index (χ2v) is 3.85. The number of rotatable bonds is 4. The zero-order valence-electron chi connectivity index (χ0n) is 9.70. The van der Waals surface area contributed by atoms with Crippen molar-refractivity contribution in [2.75, 3.05) is 11.4 Å². The lowest BCUT2D eigenvalue weighted by molar-refractivity contribution is 0.0697. The van der Waals surface area contributed by atoms with Gasteiger partial charge in [0.1, 0.15) is 5.82 Å². The molecule has 0 amide bonds. The number of benzene rings is 1. The predicted octanol–water partition coefficient (Wildman–Crippen LogP) is 2.76. The van der Waals surface area contributed by atoms with E-state index >= 15 is 0 Å². The van der Waals surface area contributed by atoms with Crippen LogP contribution in [-0.4, -0.2) is 23.7 Å². The van der Waals surface area contributed by atoms with Crippen LogP contribution < -0.4 is 4.90 Å². The minimum atomic E-state index is -1.10. The molecule has 1 aromatic carbocycles. The summed E-state index contributed by atoms with van der Waals surface area (Å²) in [7, 11) is 0. The van der Waals surface area contributed by atoms with E-state index in [0.717, 1.165) is 6.07 Å². The van der Waals surface area contributed by atoms with Crippen LogP contribution in [0.2, 0.25) is 0 Å². The molecule has 0 aliphatic rings. The summed E-state index contributed by atoms with van der Waals surface area (Å²) < 4.78 is 13.0. The third kappa shape index (κ3) is 2.51. The van der Waals surface area contributed by atoms with Crippen molar-refractivity contribution in [2.24, 2.45) is 0 Å². The first-order valence-corrected chi connectivity index (χ1v) is 5.26. The number of nitrogens with zero attached hydrogens (tertiary/aromatic N) is 1.